The first kappa shape index (κ1) is 22.3. The van der Waals surface area contributed by atoms with Crippen molar-refractivity contribution >= 4 is 34.8 Å². The Bertz CT molecular complexity index is 1270. The van der Waals surface area contributed by atoms with Gasteiger partial charge >= 0.3 is 0 Å². The second-order valence-electron chi connectivity index (χ2n) is 8.16. The fraction of sp³-hybridized carbons (Fsp3) is 0.231. The number of methoxy groups -OCH3 is 2. The summed E-state index contributed by atoms with van der Waals surface area (Å²) in [5.74, 6) is -0.411. The van der Waals surface area contributed by atoms with Gasteiger partial charge in [0.25, 0.3) is 5.91 Å². The van der Waals surface area contributed by atoms with Crippen molar-refractivity contribution in [3.05, 3.63) is 82.9 Å². The van der Waals surface area contributed by atoms with Gasteiger partial charge in [0.1, 0.15) is 23.5 Å². The summed E-state index contributed by atoms with van der Waals surface area (Å²) in [5.41, 5.74) is 2.52. The predicted octanol–water partition coefficient (Wildman–Crippen LogP) is 4.72. The van der Waals surface area contributed by atoms with Crippen LogP contribution in [0.15, 0.2) is 66.7 Å². The molecule has 174 valence electrons. The highest BCUT2D eigenvalue weighted by atomic mass is 35.5. The van der Waals surface area contributed by atoms with Gasteiger partial charge < -0.3 is 9.47 Å². The van der Waals surface area contributed by atoms with E-state index in [-0.39, 0.29) is 5.91 Å². The maximum Gasteiger partial charge on any atom is 0.266 e. The Morgan fingerprint density at radius 2 is 1.68 bits per heavy atom. The van der Waals surface area contributed by atoms with Gasteiger partial charge in [-0.05, 0) is 55.0 Å². The lowest BCUT2D eigenvalue weighted by Crippen LogP contribution is -2.37. The molecule has 2 fully saturated rings. The lowest BCUT2D eigenvalue weighted by Gasteiger charge is -2.30. The lowest BCUT2D eigenvalue weighted by molar-refractivity contribution is -0.126. The van der Waals surface area contributed by atoms with Gasteiger partial charge in [-0.25, -0.2) is 9.96 Å². The van der Waals surface area contributed by atoms with Crippen molar-refractivity contribution in [2.24, 2.45) is 5.92 Å². The van der Waals surface area contributed by atoms with Crippen LogP contribution in [-0.2, 0) is 14.4 Å². The third kappa shape index (κ3) is 3.40. The van der Waals surface area contributed by atoms with Crippen molar-refractivity contribution in [2.75, 3.05) is 24.2 Å². The zero-order valence-electron chi connectivity index (χ0n) is 18.9. The predicted molar refractivity (Wildman–Crippen MR) is 128 cm³/mol. The SMILES string of the molecule is COc1ccc(OC)c([C@H]2[C@@H]3C(=O)N(c4cccc(Cl)c4C)C(=O)[C@@H]3ON2c2ccccc2)c1. The second-order valence-corrected chi connectivity index (χ2v) is 8.57. The number of para-hydroxylation sites is 1. The first-order valence-electron chi connectivity index (χ1n) is 10.8. The van der Waals surface area contributed by atoms with Crippen molar-refractivity contribution < 1.29 is 23.9 Å². The van der Waals surface area contributed by atoms with Gasteiger partial charge in [0, 0.05) is 10.6 Å². The summed E-state index contributed by atoms with van der Waals surface area (Å²) in [7, 11) is 3.14. The largest absolute Gasteiger partial charge is 0.497 e. The van der Waals surface area contributed by atoms with Crippen LogP contribution in [0.2, 0.25) is 5.02 Å². The molecule has 0 aliphatic carbocycles. The summed E-state index contributed by atoms with van der Waals surface area (Å²) in [6.07, 6.45) is -0.994. The van der Waals surface area contributed by atoms with Crippen LogP contribution >= 0.6 is 11.6 Å². The highest BCUT2D eigenvalue weighted by Gasteiger charge is 2.61. The zero-order valence-corrected chi connectivity index (χ0v) is 19.7. The molecule has 0 bridgehead atoms. The van der Waals surface area contributed by atoms with Crippen LogP contribution in [0.5, 0.6) is 11.5 Å². The summed E-state index contributed by atoms with van der Waals surface area (Å²) in [5, 5.41) is 2.11. The van der Waals surface area contributed by atoms with Crippen molar-refractivity contribution in [3.8, 4) is 11.5 Å². The topological polar surface area (TPSA) is 68.3 Å². The molecule has 34 heavy (non-hydrogen) atoms. The molecule has 0 radical (unpaired) electrons. The number of hydrogen-bond acceptors (Lipinski definition) is 6. The smallest absolute Gasteiger partial charge is 0.266 e. The number of carbonyl (C=O) groups excluding carboxylic acids is 2. The van der Waals surface area contributed by atoms with Crippen molar-refractivity contribution in [3.63, 3.8) is 0 Å². The highest BCUT2D eigenvalue weighted by Crippen LogP contribution is 2.50. The first-order valence-corrected chi connectivity index (χ1v) is 11.2. The van der Waals surface area contributed by atoms with Crippen LogP contribution in [0.3, 0.4) is 0 Å². The normalized spacial score (nSPS) is 21.7. The van der Waals surface area contributed by atoms with Crippen molar-refractivity contribution in [1.82, 2.24) is 0 Å². The quantitative estimate of drug-likeness (QED) is 0.494. The fourth-order valence-electron chi connectivity index (χ4n) is 4.68. The van der Waals surface area contributed by atoms with Crippen molar-refractivity contribution in [2.45, 2.75) is 19.1 Å². The van der Waals surface area contributed by atoms with Gasteiger partial charge in [-0.15, -0.1) is 0 Å². The standard InChI is InChI=1S/C26H23ClN2O5/c1-15-19(27)10-7-11-20(15)28-25(30)22-23(18-14-17(32-2)12-13-21(18)33-3)29(34-24(22)26(28)31)16-8-5-4-6-9-16/h4-14,22-24H,1-3H3/t22-,23-,24+/m0/s1. The van der Waals surface area contributed by atoms with Gasteiger partial charge in [-0.3, -0.25) is 14.4 Å². The van der Waals surface area contributed by atoms with E-state index in [2.05, 4.69) is 0 Å². The number of ether oxygens (including phenoxy) is 2. The molecule has 8 heteroatoms. The van der Waals surface area contributed by atoms with Crippen LogP contribution in [0, 0.1) is 12.8 Å². The molecule has 0 spiro atoms. The number of anilines is 2. The molecule has 0 aromatic heterocycles. The van der Waals surface area contributed by atoms with E-state index in [9.17, 15) is 9.59 Å². The van der Waals surface area contributed by atoms with Crippen LogP contribution in [-0.4, -0.2) is 32.1 Å². The second kappa shape index (κ2) is 8.66. The average Bonchev–Trinajstić information content (AvgIpc) is 3.37. The number of nitrogens with zero attached hydrogens (tertiary/aromatic N) is 2. The van der Waals surface area contributed by atoms with E-state index in [4.69, 9.17) is 25.9 Å². The number of hydrogen-bond donors (Lipinski definition) is 0. The molecule has 3 aromatic rings. The van der Waals surface area contributed by atoms with Crippen LogP contribution in [0.4, 0.5) is 11.4 Å². The van der Waals surface area contributed by atoms with E-state index in [1.165, 1.54) is 4.90 Å². The first-order chi connectivity index (χ1) is 16.5. The third-order valence-electron chi connectivity index (χ3n) is 6.36. The van der Waals surface area contributed by atoms with Crippen LogP contribution < -0.4 is 19.4 Å². The Morgan fingerprint density at radius 3 is 2.38 bits per heavy atom. The number of fused-ring (bicyclic) bond motifs is 1. The molecule has 5 rings (SSSR count). The minimum Gasteiger partial charge on any atom is -0.497 e. The highest BCUT2D eigenvalue weighted by molar-refractivity contribution is 6.32. The molecule has 2 aliphatic rings. The molecule has 0 saturated carbocycles. The molecule has 3 aromatic carbocycles. The Kier molecular flexibility index (Phi) is 5.67. The molecule has 2 heterocycles. The summed E-state index contributed by atoms with van der Waals surface area (Å²) >= 11 is 6.29. The molecular weight excluding hydrogens is 456 g/mol. The molecule has 0 N–H and O–H groups in total. The Labute approximate surface area is 202 Å². The van der Waals surface area contributed by atoms with Crippen LogP contribution in [0.25, 0.3) is 0 Å². The van der Waals surface area contributed by atoms with E-state index < -0.39 is 24.0 Å². The molecule has 2 saturated heterocycles. The number of halogens is 1. The average molecular weight is 479 g/mol. The minimum atomic E-state index is -0.994. The van der Waals surface area contributed by atoms with E-state index in [1.54, 1.807) is 56.5 Å². The van der Waals surface area contributed by atoms with E-state index in [0.717, 1.165) is 5.69 Å². The number of imide groups is 1. The van der Waals surface area contributed by atoms with Gasteiger partial charge in [0.2, 0.25) is 5.91 Å². The minimum absolute atomic E-state index is 0.353. The molecule has 0 unspecified atom stereocenters. The molecular formula is C26H23ClN2O5. The van der Waals surface area contributed by atoms with Crippen LogP contribution in [0.1, 0.15) is 17.2 Å². The number of carbonyl (C=O) groups is 2. The van der Waals surface area contributed by atoms with E-state index >= 15 is 0 Å². The van der Waals surface area contributed by atoms with E-state index in [1.807, 2.05) is 36.4 Å². The monoisotopic (exact) mass is 478 g/mol. The van der Waals surface area contributed by atoms with Gasteiger partial charge in [0.15, 0.2) is 6.10 Å². The number of benzene rings is 3. The summed E-state index contributed by atoms with van der Waals surface area (Å²) in [6.45, 7) is 1.78. The maximum atomic E-state index is 13.9. The molecule has 3 atom stereocenters. The van der Waals surface area contributed by atoms with Crippen molar-refractivity contribution in [1.29, 1.82) is 0 Å². The summed E-state index contributed by atoms with van der Waals surface area (Å²) in [4.78, 5) is 34.8. The molecule has 2 amide bonds. The summed E-state index contributed by atoms with van der Waals surface area (Å²) in [6, 6.07) is 19.3. The zero-order chi connectivity index (χ0) is 24.0. The Hall–Kier alpha value is -3.55. The van der Waals surface area contributed by atoms with Gasteiger partial charge in [0.05, 0.1) is 25.6 Å². The maximum absolute atomic E-state index is 13.9. The number of hydroxylamine groups is 1. The Morgan fingerprint density at radius 1 is 0.912 bits per heavy atom. The summed E-state index contributed by atoms with van der Waals surface area (Å²) < 4.78 is 11.1. The van der Waals surface area contributed by atoms with Gasteiger partial charge in [-0.2, -0.15) is 0 Å². The Balaban J connectivity index is 1.65. The fourth-order valence-corrected chi connectivity index (χ4v) is 4.85. The van der Waals surface area contributed by atoms with E-state index in [0.29, 0.717) is 33.3 Å². The number of amides is 2. The van der Waals surface area contributed by atoms with Gasteiger partial charge in [-0.1, -0.05) is 35.9 Å². The third-order valence-corrected chi connectivity index (χ3v) is 6.77. The number of rotatable bonds is 5. The molecule has 7 nitrogen and oxygen atoms in total. The molecule has 2 aliphatic heterocycles. The lowest BCUT2D eigenvalue weighted by atomic mass is 9.89.